The number of halogens is 1. The zero-order valence-electron chi connectivity index (χ0n) is 12.8. The molecule has 1 aliphatic rings. The van der Waals surface area contributed by atoms with Gasteiger partial charge in [-0.25, -0.2) is 4.39 Å². The topological polar surface area (TPSA) is 59.2 Å². The van der Waals surface area contributed by atoms with Crippen LogP contribution in [-0.2, 0) is 6.42 Å². The molecule has 0 fully saturated rings. The molecule has 1 aromatic carbocycles. The van der Waals surface area contributed by atoms with Crippen LogP contribution in [0.1, 0.15) is 22.6 Å². The molecule has 3 heterocycles. The minimum absolute atomic E-state index is 0.157. The molecule has 0 aliphatic carbocycles. The van der Waals surface area contributed by atoms with Gasteiger partial charge in [0.1, 0.15) is 5.82 Å². The van der Waals surface area contributed by atoms with E-state index in [0.29, 0.717) is 6.54 Å². The van der Waals surface area contributed by atoms with Gasteiger partial charge in [0.05, 0.1) is 16.9 Å². The van der Waals surface area contributed by atoms with Crippen molar-refractivity contribution in [3.05, 3.63) is 65.9 Å². The predicted octanol–water partition coefficient (Wildman–Crippen LogP) is 3.47. The van der Waals surface area contributed by atoms with Gasteiger partial charge in [0.25, 0.3) is 5.91 Å². The number of aromatic nitrogens is 2. The fraction of sp³-hybridized carbons (Fsp3) is 0.167. The van der Waals surface area contributed by atoms with Crippen molar-refractivity contribution in [2.75, 3.05) is 11.4 Å². The van der Waals surface area contributed by atoms with Crippen LogP contribution in [0.25, 0.3) is 11.3 Å². The van der Waals surface area contributed by atoms with Crippen LogP contribution in [0.4, 0.5) is 10.1 Å². The number of hydrogen-bond acceptors (Lipinski definition) is 4. The lowest BCUT2D eigenvalue weighted by Crippen LogP contribution is -2.36. The Bertz CT molecular complexity index is 907. The second kappa shape index (κ2) is 5.88. The van der Waals surface area contributed by atoms with E-state index >= 15 is 0 Å². The molecule has 0 atom stereocenters. The Morgan fingerprint density at radius 1 is 1.21 bits per heavy atom. The van der Waals surface area contributed by atoms with Gasteiger partial charge < -0.3 is 9.42 Å². The summed E-state index contributed by atoms with van der Waals surface area (Å²) in [6.07, 6.45) is 3.41. The number of carbonyl (C=O) groups is 1. The highest BCUT2D eigenvalue weighted by molar-refractivity contribution is 6.05. The highest BCUT2D eigenvalue weighted by atomic mass is 19.1. The van der Waals surface area contributed by atoms with E-state index < -0.39 is 5.82 Å². The number of fused-ring (bicyclic) bond motifs is 1. The van der Waals surface area contributed by atoms with Crippen molar-refractivity contribution in [2.45, 2.75) is 12.8 Å². The monoisotopic (exact) mass is 323 g/mol. The lowest BCUT2D eigenvalue weighted by molar-refractivity contribution is 0.0976. The van der Waals surface area contributed by atoms with E-state index in [9.17, 15) is 9.18 Å². The number of rotatable bonds is 2. The first-order valence-corrected chi connectivity index (χ1v) is 7.71. The number of nitrogens with zero attached hydrogens (tertiary/aromatic N) is 3. The van der Waals surface area contributed by atoms with E-state index in [-0.39, 0.29) is 22.9 Å². The molecule has 1 aliphatic heterocycles. The number of hydrogen-bond donors (Lipinski definition) is 0. The molecule has 0 saturated carbocycles. The molecule has 0 spiro atoms. The van der Waals surface area contributed by atoms with Crippen molar-refractivity contribution in [2.24, 2.45) is 0 Å². The summed E-state index contributed by atoms with van der Waals surface area (Å²) in [5.41, 5.74) is 2.13. The highest BCUT2D eigenvalue weighted by Crippen LogP contribution is 2.28. The minimum atomic E-state index is -0.417. The number of pyridine rings is 1. The molecule has 0 unspecified atom stereocenters. The maximum atomic E-state index is 13.8. The van der Waals surface area contributed by atoms with E-state index in [2.05, 4.69) is 10.1 Å². The van der Waals surface area contributed by atoms with Crippen LogP contribution in [0.5, 0.6) is 0 Å². The van der Waals surface area contributed by atoms with Crippen LogP contribution in [-0.4, -0.2) is 22.6 Å². The van der Waals surface area contributed by atoms with Crippen LogP contribution in [0, 0.1) is 5.82 Å². The number of aryl methyl sites for hydroxylation is 1. The van der Waals surface area contributed by atoms with Crippen LogP contribution in [0.2, 0.25) is 0 Å². The van der Waals surface area contributed by atoms with Gasteiger partial charge in [0, 0.05) is 18.8 Å². The fourth-order valence-electron chi connectivity index (χ4n) is 2.91. The molecule has 1 amide bonds. The van der Waals surface area contributed by atoms with Gasteiger partial charge in [-0.3, -0.25) is 9.78 Å². The Morgan fingerprint density at radius 2 is 2.08 bits per heavy atom. The molecular weight excluding hydrogens is 309 g/mol. The number of amides is 1. The molecule has 120 valence electrons. The second-order valence-electron chi connectivity index (χ2n) is 5.59. The normalized spacial score (nSPS) is 13.6. The van der Waals surface area contributed by atoms with Gasteiger partial charge in [-0.2, -0.15) is 0 Å². The third-order valence-corrected chi connectivity index (χ3v) is 4.07. The lowest BCUT2D eigenvalue weighted by atomic mass is 10.1. The molecule has 0 bridgehead atoms. The largest absolute Gasteiger partial charge is 0.355 e. The number of anilines is 1. The third-order valence-electron chi connectivity index (χ3n) is 4.07. The summed E-state index contributed by atoms with van der Waals surface area (Å²) in [6.45, 7) is 0.597. The minimum Gasteiger partial charge on any atom is -0.355 e. The van der Waals surface area contributed by atoms with Crippen molar-refractivity contribution in [3.63, 3.8) is 0 Å². The standard InChI is InChI=1S/C18H14FN3O2/c19-13-6-2-1-5-12(13)17-11-15(21-24-17)18(23)22-10-4-7-14-16(22)8-3-9-20-14/h1-3,5-6,8-9,11H,4,7,10H2. The van der Waals surface area contributed by atoms with E-state index in [0.717, 1.165) is 24.2 Å². The van der Waals surface area contributed by atoms with Gasteiger partial charge >= 0.3 is 0 Å². The highest BCUT2D eigenvalue weighted by Gasteiger charge is 2.26. The maximum Gasteiger partial charge on any atom is 0.280 e. The van der Waals surface area contributed by atoms with E-state index in [1.165, 1.54) is 12.1 Å². The number of carbonyl (C=O) groups excluding carboxylic acids is 1. The Balaban J connectivity index is 1.66. The second-order valence-corrected chi connectivity index (χ2v) is 5.59. The van der Waals surface area contributed by atoms with Crippen LogP contribution >= 0.6 is 0 Å². The Morgan fingerprint density at radius 3 is 2.96 bits per heavy atom. The van der Waals surface area contributed by atoms with Crippen molar-refractivity contribution in [3.8, 4) is 11.3 Å². The third kappa shape index (κ3) is 2.46. The molecule has 2 aromatic heterocycles. The molecule has 4 rings (SSSR count). The SMILES string of the molecule is O=C(c1cc(-c2ccccc2F)on1)N1CCCc2ncccc21. The molecular formula is C18H14FN3O2. The van der Waals surface area contributed by atoms with Gasteiger partial charge in [-0.15, -0.1) is 0 Å². The molecule has 5 nitrogen and oxygen atoms in total. The molecule has 0 saturated heterocycles. The molecule has 6 heteroatoms. The summed E-state index contributed by atoms with van der Waals surface area (Å²) in [4.78, 5) is 18.7. The first-order valence-electron chi connectivity index (χ1n) is 7.71. The Hall–Kier alpha value is -3.02. The average molecular weight is 323 g/mol. The summed E-state index contributed by atoms with van der Waals surface area (Å²) < 4.78 is 19.0. The summed E-state index contributed by atoms with van der Waals surface area (Å²) >= 11 is 0. The summed E-state index contributed by atoms with van der Waals surface area (Å²) in [5.74, 6) is -0.449. The van der Waals surface area contributed by atoms with Crippen molar-refractivity contribution in [1.82, 2.24) is 10.1 Å². The first-order chi connectivity index (χ1) is 11.7. The molecule has 24 heavy (non-hydrogen) atoms. The van der Waals surface area contributed by atoms with Crippen molar-refractivity contribution in [1.29, 1.82) is 0 Å². The fourth-order valence-corrected chi connectivity index (χ4v) is 2.91. The molecule has 0 N–H and O–H groups in total. The quantitative estimate of drug-likeness (QED) is 0.724. The molecule has 0 radical (unpaired) electrons. The van der Waals surface area contributed by atoms with Crippen molar-refractivity contribution < 1.29 is 13.7 Å². The van der Waals surface area contributed by atoms with E-state index in [4.69, 9.17) is 4.52 Å². The van der Waals surface area contributed by atoms with Crippen LogP contribution in [0.3, 0.4) is 0 Å². The smallest absolute Gasteiger partial charge is 0.280 e. The lowest BCUT2D eigenvalue weighted by Gasteiger charge is -2.27. The Labute approximate surface area is 137 Å². The van der Waals surface area contributed by atoms with E-state index in [1.54, 1.807) is 35.4 Å². The van der Waals surface area contributed by atoms with Crippen LogP contribution < -0.4 is 4.90 Å². The zero-order chi connectivity index (χ0) is 16.5. The summed E-state index contributed by atoms with van der Waals surface area (Å²) in [5, 5.41) is 3.83. The molecule has 3 aromatic rings. The Kier molecular flexibility index (Phi) is 3.57. The van der Waals surface area contributed by atoms with Crippen LogP contribution in [0.15, 0.2) is 53.2 Å². The first kappa shape index (κ1) is 14.6. The van der Waals surface area contributed by atoms with Gasteiger partial charge in [-0.1, -0.05) is 17.3 Å². The number of benzene rings is 1. The summed E-state index contributed by atoms with van der Waals surface area (Å²) in [7, 11) is 0. The maximum absolute atomic E-state index is 13.8. The summed E-state index contributed by atoms with van der Waals surface area (Å²) in [6, 6.07) is 11.4. The van der Waals surface area contributed by atoms with Gasteiger partial charge in [0.15, 0.2) is 11.5 Å². The van der Waals surface area contributed by atoms with Gasteiger partial charge in [0.2, 0.25) is 0 Å². The van der Waals surface area contributed by atoms with E-state index in [1.807, 2.05) is 6.07 Å². The predicted molar refractivity (Wildman–Crippen MR) is 86.1 cm³/mol. The van der Waals surface area contributed by atoms with Crippen molar-refractivity contribution >= 4 is 11.6 Å². The zero-order valence-corrected chi connectivity index (χ0v) is 12.8. The van der Waals surface area contributed by atoms with Gasteiger partial charge in [-0.05, 0) is 37.1 Å². The average Bonchev–Trinajstić information content (AvgIpc) is 3.11.